The second-order valence-electron chi connectivity index (χ2n) is 6.97. The van der Waals surface area contributed by atoms with E-state index >= 15 is 0 Å². The molecule has 2 rings (SSSR count). The minimum atomic E-state index is -0.0822. The van der Waals surface area contributed by atoms with Crippen molar-refractivity contribution in [1.82, 2.24) is 0 Å². The van der Waals surface area contributed by atoms with E-state index in [9.17, 15) is 4.79 Å². The first-order valence-corrected chi connectivity index (χ1v) is 9.90. The molecule has 0 saturated heterocycles. The maximum absolute atomic E-state index is 11.9. The van der Waals surface area contributed by atoms with Crippen LogP contribution in [0.4, 0.5) is 0 Å². The van der Waals surface area contributed by atoms with E-state index in [1.165, 1.54) is 31.2 Å². The first kappa shape index (κ1) is 20.2. The van der Waals surface area contributed by atoms with Crippen LogP contribution in [0.25, 0.3) is 0 Å². The quantitative estimate of drug-likeness (QED) is 0.303. The Balaban J connectivity index is 1.43. The van der Waals surface area contributed by atoms with Gasteiger partial charge in [-0.3, -0.25) is 4.79 Å². The van der Waals surface area contributed by atoms with Gasteiger partial charge in [-0.05, 0) is 24.3 Å². The number of carbonyl (C=O) groups excluding carboxylic acids is 1. The van der Waals surface area contributed by atoms with Crippen LogP contribution in [0.15, 0.2) is 60.9 Å². The zero-order valence-electron chi connectivity index (χ0n) is 16.0. The second kappa shape index (κ2) is 12.2. The van der Waals surface area contributed by atoms with Gasteiger partial charge in [-0.1, -0.05) is 62.6 Å². The zero-order chi connectivity index (χ0) is 18.5. The average molecular weight is 355 g/mol. The molecule has 0 aliphatic rings. The predicted molar refractivity (Wildman–Crippen MR) is 105 cm³/mol. The van der Waals surface area contributed by atoms with Crippen molar-refractivity contribution in [2.24, 2.45) is 0 Å². The molecule has 140 valence electrons. The van der Waals surface area contributed by atoms with Gasteiger partial charge in [0.05, 0.1) is 13.0 Å². The highest BCUT2D eigenvalue weighted by molar-refractivity contribution is 5.70. The summed E-state index contributed by atoms with van der Waals surface area (Å²) in [5.41, 5.74) is 1.19. The number of hydrogen-bond acceptors (Lipinski definition) is 2. The molecule has 0 radical (unpaired) electrons. The maximum atomic E-state index is 11.9. The van der Waals surface area contributed by atoms with Crippen LogP contribution in [0.5, 0.6) is 0 Å². The third-order valence-electron chi connectivity index (χ3n) is 4.69. The van der Waals surface area contributed by atoms with Gasteiger partial charge in [-0.2, -0.15) is 0 Å². The Morgan fingerprint density at radius 3 is 2.23 bits per heavy atom. The molecule has 0 fully saturated rings. The lowest BCUT2D eigenvalue weighted by atomic mass is 9.98. The van der Waals surface area contributed by atoms with Gasteiger partial charge in [0.2, 0.25) is 0 Å². The minimum absolute atomic E-state index is 0.0822. The zero-order valence-corrected chi connectivity index (χ0v) is 16.0. The van der Waals surface area contributed by atoms with Crippen molar-refractivity contribution in [3.63, 3.8) is 0 Å². The number of aryl methyl sites for hydroxylation is 1. The van der Waals surface area contributed by atoms with Crippen LogP contribution in [0.1, 0.15) is 63.4 Å². The van der Waals surface area contributed by atoms with E-state index in [4.69, 9.17) is 4.74 Å². The summed E-state index contributed by atoms with van der Waals surface area (Å²) < 4.78 is 7.61. The third kappa shape index (κ3) is 8.28. The van der Waals surface area contributed by atoms with E-state index < -0.39 is 0 Å². The Bertz CT molecular complexity index is 613. The van der Waals surface area contributed by atoms with Gasteiger partial charge in [-0.15, -0.1) is 0 Å². The molecular weight excluding hydrogens is 322 g/mol. The van der Waals surface area contributed by atoms with Gasteiger partial charge in [0.25, 0.3) is 0 Å². The number of unbranched alkanes of at least 4 members (excludes halogenated alkanes) is 5. The van der Waals surface area contributed by atoms with Crippen LogP contribution in [-0.4, -0.2) is 12.6 Å². The van der Waals surface area contributed by atoms with E-state index in [1.54, 1.807) is 0 Å². The number of rotatable bonds is 12. The Labute approximate surface area is 158 Å². The van der Waals surface area contributed by atoms with Crippen molar-refractivity contribution in [3.05, 3.63) is 66.5 Å². The van der Waals surface area contributed by atoms with Gasteiger partial charge in [0, 0.05) is 18.6 Å². The highest BCUT2D eigenvalue weighted by Crippen LogP contribution is 2.19. The highest BCUT2D eigenvalue weighted by atomic mass is 16.5. The van der Waals surface area contributed by atoms with Crippen molar-refractivity contribution >= 4 is 5.97 Å². The van der Waals surface area contributed by atoms with Crippen LogP contribution in [0.2, 0.25) is 0 Å². The third-order valence-corrected chi connectivity index (χ3v) is 4.69. The van der Waals surface area contributed by atoms with Crippen LogP contribution in [-0.2, 0) is 16.1 Å². The summed E-state index contributed by atoms with van der Waals surface area (Å²) in [6.45, 7) is 3.72. The Hall–Kier alpha value is -2.16. The van der Waals surface area contributed by atoms with E-state index in [-0.39, 0.29) is 11.9 Å². The molecule has 1 aromatic heterocycles. The number of carbonyl (C=O) groups is 1. The number of pyridine rings is 1. The normalized spacial score (nSPS) is 11.9. The number of benzene rings is 1. The van der Waals surface area contributed by atoms with Gasteiger partial charge < -0.3 is 4.74 Å². The lowest BCUT2D eigenvalue weighted by Gasteiger charge is -2.11. The molecule has 0 bridgehead atoms. The topological polar surface area (TPSA) is 30.2 Å². The molecule has 3 heteroatoms. The van der Waals surface area contributed by atoms with Crippen molar-refractivity contribution in [3.8, 4) is 0 Å². The molecule has 3 nitrogen and oxygen atoms in total. The summed E-state index contributed by atoms with van der Waals surface area (Å²) in [5, 5.41) is 0. The number of nitrogens with zero attached hydrogens (tertiary/aromatic N) is 1. The van der Waals surface area contributed by atoms with Crippen LogP contribution < -0.4 is 4.57 Å². The molecule has 1 atom stereocenters. The summed E-state index contributed by atoms with van der Waals surface area (Å²) in [4.78, 5) is 11.9. The van der Waals surface area contributed by atoms with Crippen molar-refractivity contribution in [2.75, 3.05) is 6.61 Å². The first-order valence-electron chi connectivity index (χ1n) is 9.90. The molecule has 1 heterocycles. The number of hydrogen-bond donors (Lipinski definition) is 0. The van der Waals surface area contributed by atoms with Gasteiger partial charge >= 0.3 is 5.97 Å². The van der Waals surface area contributed by atoms with Crippen molar-refractivity contribution in [1.29, 1.82) is 0 Å². The summed E-state index contributed by atoms with van der Waals surface area (Å²) in [6.07, 6.45) is 11.8. The van der Waals surface area contributed by atoms with Crippen molar-refractivity contribution in [2.45, 2.75) is 64.3 Å². The average Bonchev–Trinajstić information content (AvgIpc) is 2.68. The van der Waals surface area contributed by atoms with Crippen LogP contribution in [0, 0.1) is 0 Å². The first-order chi connectivity index (χ1) is 12.8. The fraction of sp³-hybridized carbons (Fsp3) is 0.478. The SMILES string of the molecule is C[C@@H](CC(=O)OCCCCCCCC[n+]1ccccc1)c1ccccc1. The summed E-state index contributed by atoms with van der Waals surface area (Å²) >= 11 is 0. The van der Waals surface area contributed by atoms with Gasteiger partial charge in [0.15, 0.2) is 12.4 Å². The molecule has 2 aromatic rings. The maximum Gasteiger partial charge on any atom is 0.306 e. The molecule has 1 aromatic carbocycles. The molecule has 26 heavy (non-hydrogen) atoms. The Kier molecular flexibility index (Phi) is 9.48. The Morgan fingerprint density at radius 2 is 1.50 bits per heavy atom. The lowest BCUT2D eigenvalue weighted by molar-refractivity contribution is -0.697. The number of ether oxygens (including phenoxy) is 1. The fourth-order valence-electron chi connectivity index (χ4n) is 3.08. The molecule has 0 N–H and O–H groups in total. The summed E-state index contributed by atoms with van der Waals surface area (Å²) in [7, 11) is 0. The summed E-state index contributed by atoms with van der Waals surface area (Å²) in [5.74, 6) is 0.132. The molecular formula is C23H32NO2+. The standard InChI is InChI=1S/C23H32NO2/c1-21(22-14-8-6-9-15-22)20-23(25)26-19-13-5-3-2-4-10-16-24-17-11-7-12-18-24/h6-9,11-12,14-15,17-18,21H,2-5,10,13,16,19-20H2,1H3/q+1/t21-/m0/s1. The number of esters is 1. The lowest BCUT2D eigenvalue weighted by Crippen LogP contribution is -2.32. The number of aromatic nitrogens is 1. The second-order valence-corrected chi connectivity index (χ2v) is 6.97. The molecule has 0 saturated carbocycles. The van der Waals surface area contributed by atoms with Gasteiger partial charge in [0.1, 0.15) is 6.54 Å². The summed E-state index contributed by atoms with van der Waals surface area (Å²) in [6, 6.07) is 16.3. The van der Waals surface area contributed by atoms with Crippen molar-refractivity contribution < 1.29 is 14.1 Å². The van der Waals surface area contributed by atoms with Crippen LogP contribution >= 0.6 is 0 Å². The molecule has 0 spiro atoms. The van der Waals surface area contributed by atoms with Crippen LogP contribution in [0.3, 0.4) is 0 Å². The predicted octanol–water partition coefficient (Wildman–Crippen LogP) is 5.05. The van der Waals surface area contributed by atoms with E-state index in [0.29, 0.717) is 13.0 Å². The Morgan fingerprint density at radius 1 is 0.885 bits per heavy atom. The monoisotopic (exact) mass is 354 g/mol. The fourth-order valence-corrected chi connectivity index (χ4v) is 3.08. The molecule has 0 aliphatic carbocycles. The minimum Gasteiger partial charge on any atom is -0.466 e. The molecule has 0 unspecified atom stereocenters. The van der Waals surface area contributed by atoms with E-state index in [0.717, 1.165) is 19.4 Å². The smallest absolute Gasteiger partial charge is 0.306 e. The largest absolute Gasteiger partial charge is 0.466 e. The van der Waals surface area contributed by atoms with E-state index in [1.807, 2.05) is 24.3 Å². The molecule has 0 amide bonds. The van der Waals surface area contributed by atoms with Gasteiger partial charge in [-0.25, -0.2) is 4.57 Å². The van der Waals surface area contributed by atoms with E-state index in [2.05, 4.69) is 48.1 Å². The highest BCUT2D eigenvalue weighted by Gasteiger charge is 2.11. The molecule has 0 aliphatic heterocycles.